The number of aliphatic hydroxyl groups is 1. The molecule has 0 aliphatic heterocycles. The van der Waals surface area contributed by atoms with Crippen LogP contribution in [0, 0.1) is 0 Å². The third-order valence-corrected chi connectivity index (χ3v) is 1.72. The molecule has 0 aliphatic carbocycles. The lowest BCUT2D eigenvalue weighted by Crippen LogP contribution is -2.08. The fourth-order valence-electron chi connectivity index (χ4n) is 1.15. The largest absolute Gasteiger partial charge is 0.395 e. The maximum Gasteiger partial charge on any atom is 0.180 e. The monoisotopic (exact) mass is 178 g/mol. The van der Waals surface area contributed by atoms with Crippen LogP contribution in [0.5, 0.6) is 0 Å². The number of fused-ring (bicyclic) bond motifs is 1. The van der Waals surface area contributed by atoms with Crippen LogP contribution in [0.4, 0.5) is 5.82 Å². The van der Waals surface area contributed by atoms with Crippen LogP contribution in [0.2, 0.25) is 0 Å². The van der Waals surface area contributed by atoms with Gasteiger partial charge in [-0.1, -0.05) is 0 Å². The molecule has 0 saturated heterocycles. The van der Waals surface area contributed by atoms with Gasteiger partial charge in [-0.3, -0.25) is 0 Å². The summed E-state index contributed by atoms with van der Waals surface area (Å²) in [6.07, 6.45) is 7.07. The molecule has 0 spiro atoms. The van der Waals surface area contributed by atoms with E-state index in [0.29, 0.717) is 12.4 Å². The Labute approximate surface area is 75.1 Å². The lowest BCUT2D eigenvalue weighted by molar-refractivity contribution is 0.311. The molecule has 0 fully saturated rings. The second-order valence-corrected chi connectivity index (χ2v) is 2.58. The maximum atomic E-state index is 8.63. The SMILES string of the molecule is OCCNc1nccn2ccnc12. The summed E-state index contributed by atoms with van der Waals surface area (Å²) in [5.74, 6) is 0.696. The zero-order valence-electron chi connectivity index (χ0n) is 7.01. The van der Waals surface area contributed by atoms with Crippen LogP contribution in [0.3, 0.4) is 0 Å². The molecule has 2 heterocycles. The highest BCUT2D eigenvalue weighted by molar-refractivity contribution is 5.61. The van der Waals surface area contributed by atoms with Crippen LogP contribution in [0.15, 0.2) is 24.8 Å². The molecule has 2 aromatic rings. The van der Waals surface area contributed by atoms with Crippen molar-refractivity contribution in [2.45, 2.75) is 0 Å². The third kappa shape index (κ3) is 1.46. The van der Waals surface area contributed by atoms with E-state index >= 15 is 0 Å². The van der Waals surface area contributed by atoms with E-state index in [1.807, 2.05) is 16.8 Å². The molecule has 68 valence electrons. The predicted molar refractivity (Wildman–Crippen MR) is 48.6 cm³/mol. The third-order valence-electron chi connectivity index (χ3n) is 1.72. The first-order valence-electron chi connectivity index (χ1n) is 4.04. The summed E-state index contributed by atoms with van der Waals surface area (Å²) in [5, 5.41) is 11.6. The summed E-state index contributed by atoms with van der Waals surface area (Å²) in [7, 11) is 0. The molecular formula is C8H10N4O. The Morgan fingerprint density at radius 3 is 2.85 bits per heavy atom. The van der Waals surface area contributed by atoms with Crippen LogP contribution in [0.1, 0.15) is 0 Å². The van der Waals surface area contributed by atoms with Crippen molar-refractivity contribution in [3.63, 3.8) is 0 Å². The van der Waals surface area contributed by atoms with Gasteiger partial charge in [0.1, 0.15) is 0 Å². The van der Waals surface area contributed by atoms with Gasteiger partial charge in [-0.05, 0) is 0 Å². The van der Waals surface area contributed by atoms with E-state index < -0.39 is 0 Å². The second-order valence-electron chi connectivity index (χ2n) is 2.58. The van der Waals surface area contributed by atoms with E-state index in [1.54, 1.807) is 12.4 Å². The average Bonchev–Trinajstić information content (AvgIpc) is 2.62. The Hall–Kier alpha value is -1.62. The molecule has 5 heteroatoms. The average molecular weight is 178 g/mol. The number of nitrogens with one attached hydrogen (secondary N) is 1. The van der Waals surface area contributed by atoms with Crippen LogP contribution < -0.4 is 5.32 Å². The summed E-state index contributed by atoms with van der Waals surface area (Å²) >= 11 is 0. The van der Waals surface area contributed by atoms with Gasteiger partial charge in [-0.15, -0.1) is 0 Å². The van der Waals surface area contributed by atoms with Gasteiger partial charge in [-0.2, -0.15) is 0 Å². The van der Waals surface area contributed by atoms with Crippen molar-refractivity contribution in [2.75, 3.05) is 18.5 Å². The van der Waals surface area contributed by atoms with E-state index in [2.05, 4.69) is 15.3 Å². The quantitative estimate of drug-likeness (QED) is 0.701. The van der Waals surface area contributed by atoms with Gasteiger partial charge in [0.15, 0.2) is 11.5 Å². The molecule has 0 atom stereocenters. The van der Waals surface area contributed by atoms with Crippen LogP contribution in [0.25, 0.3) is 5.65 Å². The number of hydrogen-bond donors (Lipinski definition) is 2. The van der Waals surface area contributed by atoms with E-state index in [4.69, 9.17) is 5.11 Å². The first kappa shape index (κ1) is 8.00. The minimum atomic E-state index is 0.0867. The van der Waals surface area contributed by atoms with E-state index in [-0.39, 0.29) is 6.61 Å². The van der Waals surface area contributed by atoms with Crippen molar-refractivity contribution in [3.05, 3.63) is 24.8 Å². The van der Waals surface area contributed by atoms with Crippen molar-refractivity contribution in [2.24, 2.45) is 0 Å². The number of imidazole rings is 1. The van der Waals surface area contributed by atoms with Gasteiger partial charge >= 0.3 is 0 Å². The Balaban J connectivity index is 2.37. The van der Waals surface area contributed by atoms with Gasteiger partial charge in [0, 0.05) is 31.3 Å². The molecule has 0 bridgehead atoms. The highest BCUT2D eigenvalue weighted by Gasteiger charge is 2.01. The summed E-state index contributed by atoms with van der Waals surface area (Å²) in [6, 6.07) is 0. The van der Waals surface area contributed by atoms with E-state index in [9.17, 15) is 0 Å². The fraction of sp³-hybridized carbons (Fsp3) is 0.250. The smallest absolute Gasteiger partial charge is 0.180 e. The minimum absolute atomic E-state index is 0.0867. The lowest BCUT2D eigenvalue weighted by Gasteiger charge is -2.03. The van der Waals surface area contributed by atoms with Gasteiger partial charge in [-0.25, -0.2) is 9.97 Å². The Morgan fingerprint density at radius 1 is 1.31 bits per heavy atom. The molecule has 13 heavy (non-hydrogen) atoms. The maximum absolute atomic E-state index is 8.63. The number of rotatable bonds is 3. The molecular weight excluding hydrogens is 168 g/mol. The Bertz CT molecular complexity index is 398. The second kappa shape index (κ2) is 3.40. The first-order chi connectivity index (χ1) is 6.42. The van der Waals surface area contributed by atoms with Crippen molar-refractivity contribution >= 4 is 11.5 Å². The van der Waals surface area contributed by atoms with Crippen molar-refractivity contribution in [1.82, 2.24) is 14.4 Å². The molecule has 0 amide bonds. The standard InChI is InChI=1S/C8H10N4O/c13-6-3-10-7-8-11-2-5-12(8)4-1-9-7/h1-2,4-5,13H,3,6H2,(H,9,10). The molecule has 0 unspecified atom stereocenters. The van der Waals surface area contributed by atoms with Crippen LogP contribution >= 0.6 is 0 Å². The van der Waals surface area contributed by atoms with Gasteiger partial charge < -0.3 is 14.8 Å². The number of anilines is 1. The summed E-state index contributed by atoms with van der Waals surface area (Å²) in [6.45, 7) is 0.572. The minimum Gasteiger partial charge on any atom is -0.395 e. The number of nitrogens with zero attached hydrogens (tertiary/aromatic N) is 3. The van der Waals surface area contributed by atoms with Crippen molar-refractivity contribution < 1.29 is 5.11 Å². The summed E-state index contributed by atoms with van der Waals surface area (Å²) in [4.78, 5) is 8.24. The van der Waals surface area contributed by atoms with Crippen molar-refractivity contribution in [3.8, 4) is 0 Å². The van der Waals surface area contributed by atoms with Crippen molar-refractivity contribution in [1.29, 1.82) is 0 Å². The topological polar surface area (TPSA) is 62.5 Å². The molecule has 0 aromatic carbocycles. The molecule has 2 aromatic heterocycles. The first-order valence-corrected chi connectivity index (χ1v) is 4.04. The number of aromatic nitrogens is 3. The molecule has 0 aliphatic rings. The summed E-state index contributed by atoms with van der Waals surface area (Å²) in [5.41, 5.74) is 0.774. The Kier molecular flexibility index (Phi) is 2.09. The van der Waals surface area contributed by atoms with E-state index in [1.165, 1.54) is 0 Å². The van der Waals surface area contributed by atoms with Gasteiger partial charge in [0.2, 0.25) is 0 Å². The highest BCUT2D eigenvalue weighted by Crippen LogP contribution is 2.09. The van der Waals surface area contributed by atoms with E-state index in [0.717, 1.165) is 5.65 Å². The van der Waals surface area contributed by atoms with Gasteiger partial charge in [0.05, 0.1) is 6.61 Å². The zero-order valence-corrected chi connectivity index (χ0v) is 7.01. The van der Waals surface area contributed by atoms with Gasteiger partial charge in [0.25, 0.3) is 0 Å². The fourth-order valence-corrected chi connectivity index (χ4v) is 1.15. The molecule has 0 radical (unpaired) electrons. The normalized spacial score (nSPS) is 10.5. The molecule has 2 N–H and O–H groups in total. The molecule has 5 nitrogen and oxygen atoms in total. The predicted octanol–water partition coefficient (Wildman–Crippen LogP) is 0.133. The summed E-state index contributed by atoms with van der Waals surface area (Å²) < 4.78 is 1.87. The molecule has 0 saturated carbocycles. The highest BCUT2D eigenvalue weighted by atomic mass is 16.3. The number of hydrogen-bond acceptors (Lipinski definition) is 4. The lowest BCUT2D eigenvalue weighted by atomic mass is 10.5. The Morgan fingerprint density at radius 2 is 2.08 bits per heavy atom. The zero-order chi connectivity index (χ0) is 9.10. The number of aliphatic hydroxyl groups excluding tert-OH is 1. The van der Waals surface area contributed by atoms with Crippen LogP contribution in [-0.2, 0) is 0 Å². The molecule has 2 rings (SSSR count). The van der Waals surface area contributed by atoms with Crippen LogP contribution in [-0.4, -0.2) is 32.6 Å².